The van der Waals surface area contributed by atoms with Gasteiger partial charge in [-0.05, 0) is 36.4 Å². The summed E-state index contributed by atoms with van der Waals surface area (Å²) in [4.78, 5) is 24.8. The molecular weight excluding hydrogens is 310 g/mol. The standard InChI is InChI=1S/C18H19NO3S/c1-12(2)23-16-7-5-4-6-15(16)17(20)19-14-10-8-13(9-11-14)18(21)22-3/h4-12H,1-3H3,(H,19,20). The number of rotatable bonds is 5. The second-order valence-electron chi connectivity index (χ2n) is 5.19. The Morgan fingerprint density at radius 2 is 1.70 bits per heavy atom. The molecule has 0 saturated carbocycles. The van der Waals surface area contributed by atoms with E-state index in [-0.39, 0.29) is 5.91 Å². The maximum Gasteiger partial charge on any atom is 0.337 e. The van der Waals surface area contributed by atoms with Crippen LogP contribution in [0, 0.1) is 0 Å². The first-order chi connectivity index (χ1) is 11.0. The van der Waals surface area contributed by atoms with E-state index in [1.54, 1.807) is 36.0 Å². The summed E-state index contributed by atoms with van der Waals surface area (Å²) in [7, 11) is 1.33. The number of amides is 1. The molecular formula is C18H19NO3S. The molecule has 5 heteroatoms. The minimum Gasteiger partial charge on any atom is -0.465 e. The van der Waals surface area contributed by atoms with Crippen LogP contribution in [0.25, 0.3) is 0 Å². The molecule has 2 aromatic carbocycles. The molecule has 0 radical (unpaired) electrons. The van der Waals surface area contributed by atoms with Crippen LogP contribution < -0.4 is 5.32 Å². The third-order valence-corrected chi connectivity index (χ3v) is 4.14. The minimum atomic E-state index is -0.401. The highest BCUT2D eigenvalue weighted by molar-refractivity contribution is 8.00. The van der Waals surface area contributed by atoms with Crippen LogP contribution in [0.3, 0.4) is 0 Å². The minimum absolute atomic E-state index is 0.167. The van der Waals surface area contributed by atoms with Gasteiger partial charge in [0.25, 0.3) is 5.91 Å². The van der Waals surface area contributed by atoms with E-state index in [2.05, 4.69) is 23.9 Å². The molecule has 0 saturated heterocycles. The summed E-state index contributed by atoms with van der Waals surface area (Å²) in [6.07, 6.45) is 0. The molecule has 0 aliphatic rings. The predicted molar refractivity (Wildman–Crippen MR) is 93.2 cm³/mol. The number of carbonyl (C=O) groups excluding carboxylic acids is 2. The van der Waals surface area contributed by atoms with E-state index in [1.807, 2.05) is 24.3 Å². The Morgan fingerprint density at radius 1 is 1.04 bits per heavy atom. The number of hydrogen-bond acceptors (Lipinski definition) is 4. The van der Waals surface area contributed by atoms with Crippen molar-refractivity contribution in [3.8, 4) is 0 Å². The van der Waals surface area contributed by atoms with Gasteiger partial charge in [-0.1, -0.05) is 26.0 Å². The van der Waals surface area contributed by atoms with Crippen molar-refractivity contribution < 1.29 is 14.3 Å². The van der Waals surface area contributed by atoms with Crippen molar-refractivity contribution in [2.24, 2.45) is 0 Å². The highest BCUT2D eigenvalue weighted by atomic mass is 32.2. The largest absolute Gasteiger partial charge is 0.465 e. The SMILES string of the molecule is COC(=O)c1ccc(NC(=O)c2ccccc2SC(C)C)cc1. The van der Waals surface area contributed by atoms with Crippen molar-refractivity contribution in [3.05, 3.63) is 59.7 Å². The first-order valence-electron chi connectivity index (χ1n) is 7.26. The van der Waals surface area contributed by atoms with E-state index >= 15 is 0 Å². The molecule has 0 aliphatic heterocycles. The van der Waals surface area contributed by atoms with Gasteiger partial charge in [-0.2, -0.15) is 0 Å². The predicted octanol–water partition coefficient (Wildman–Crippen LogP) is 4.23. The third-order valence-electron chi connectivity index (χ3n) is 3.06. The van der Waals surface area contributed by atoms with Crippen LogP contribution in [0.15, 0.2) is 53.4 Å². The smallest absolute Gasteiger partial charge is 0.337 e. The van der Waals surface area contributed by atoms with Gasteiger partial charge in [0, 0.05) is 15.8 Å². The summed E-state index contributed by atoms with van der Waals surface area (Å²) in [6.45, 7) is 4.18. The molecule has 0 unspecified atom stereocenters. The zero-order chi connectivity index (χ0) is 16.8. The summed E-state index contributed by atoms with van der Waals surface area (Å²) in [6, 6.07) is 14.1. The number of methoxy groups -OCH3 is 1. The molecule has 120 valence electrons. The zero-order valence-corrected chi connectivity index (χ0v) is 14.1. The Hall–Kier alpha value is -2.27. The summed E-state index contributed by atoms with van der Waals surface area (Å²) < 4.78 is 4.65. The van der Waals surface area contributed by atoms with Crippen molar-refractivity contribution in [1.29, 1.82) is 0 Å². The zero-order valence-electron chi connectivity index (χ0n) is 13.3. The number of hydrogen-bond donors (Lipinski definition) is 1. The fourth-order valence-corrected chi connectivity index (χ4v) is 2.97. The van der Waals surface area contributed by atoms with Gasteiger partial charge < -0.3 is 10.1 Å². The number of benzene rings is 2. The second kappa shape index (κ2) is 7.83. The van der Waals surface area contributed by atoms with E-state index in [0.717, 1.165) is 4.90 Å². The van der Waals surface area contributed by atoms with Crippen molar-refractivity contribution in [2.45, 2.75) is 24.0 Å². The number of esters is 1. The molecule has 2 aromatic rings. The quantitative estimate of drug-likeness (QED) is 0.659. The molecule has 0 aromatic heterocycles. The van der Waals surface area contributed by atoms with Gasteiger partial charge in [0.05, 0.1) is 18.2 Å². The third kappa shape index (κ3) is 4.60. The molecule has 0 bridgehead atoms. The second-order valence-corrected chi connectivity index (χ2v) is 6.80. The van der Waals surface area contributed by atoms with Crippen LogP contribution in [0.5, 0.6) is 0 Å². The van der Waals surface area contributed by atoms with Gasteiger partial charge >= 0.3 is 5.97 Å². The molecule has 1 N–H and O–H groups in total. The van der Waals surface area contributed by atoms with Gasteiger partial charge in [-0.25, -0.2) is 4.79 Å². The number of nitrogens with one attached hydrogen (secondary N) is 1. The molecule has 1 amide bonds. The molecule has 0 fully saturated rings. The van der Waals surface area contributed by atoms with Crippen LogP contribution in [0.1, 0.15) is 34.6 Å². The highest BCUT2D eigenvalue weighted by Crippen LogP contribution is 2.27. The molecule has 2 rings (SSSR count). The molecule has 0 aliphatic carbocycles. The Bertz CT molecular complexity index is 696. The van der Waals surface area contributed by atoms with Crippen LogP contribution in [-0.4, -0.2) is 24.2 Å². The first-order valence-corrected chi connectivity index (χ1v) is 8.14. The molecule has 23 heavy (non-hydrogen) atoms. The van der Waals surface area contributed by atoms with Crippen LogP contribution in [-0.2, 0) is 4.74 Å². The lowest BCUT2D eigenvalue weighted by atomic mass is 10.2. The Labute approximate surface area is 140 Å². The number of ether oxygens (including phenoxy) is 1. The monoisotopic (exact) mass is 329 g/mol. The number of thioether (sulfide) groups is 1. The van der Waals surface area contributed by atoms with E-state index in [9.17, 15) is 9.59 Å². The van der Waals surface area contributed by atoms with Crippen LogP contribution in [0.4, 0.5) is 5.69 Å². The van der Waals surface area contributed by atoms with Gasteiger partial charge in [0.1, 0.15) is 0 Å². The Kier molecular flexibility index (Phi) is 5.82. The Morgan fingerprint density at radius 3 is 2.30 bits per heavy atom. The van der Waals surface area contributed by atoms with Crippen molar-refractivity contribution in [3.63, 3.8) is 0 Å². The summed E-state index contributed by atoms with van der Waals surface area (Å²) in [5, 5.41) is 3.24. The normalized spacial score (nSPS) is 10.4. The first kappa shape index (κ1) is 17.1. The summed E-state index contributed by atoms with van der Waals surface area (Å²) >= 11 is 1.65. The molecule has 0 heterocycles. The van der Waals surface area contributed by atoms with E-state index in [0.29, 0.717) is 22.1 Å². The lowest BCUT2D eigenvalue weighted by molar-refractivity contribution is 0.0600. The van der Waals surface area contributed by atoms with Crippen molar-refractivity contribution >= 4 is 29.3 Å². The van der Waals surface area contributed by atoms with Gasteiger partial charge in [0.15, 0.2) is 0 Å². The molecule has 0 atom stereocenters. The van der Waals surface area contributed by atoms with Crippen molar-refractivity contribution in [2.75, 3.05) is 12.4 Å². The lowest BCUT2D eigenvalue weighted by Gasteiger charge is -2.11. The summed E-state index contributed by atoms with van der Waals surface area (Å²) in [5.74, 6) is -0.568. The fraction of sp³-hybridized carbons (Fsp3) is 0.222. The van der Waals surface area contributed by atoms with Gasteiger partial charge in [0.2, 0.25) is 0 Å². The fourth-order valence-electron chi connectivity index (χ4n) is 2.02. The maximum absolute atomic E-state index is 12.5. The van der Waals surface area contributed by atoms with Crippen LogP contribution >= 0.6 is 11.8 Å². The maximum atomic E-state index is 12.5. The molecule has 0 spiro atoms. The van der Waals surface area contributed by atoms with Crippen LogP contribution in [0.2, 0.25) is 0 Å². The average molecular weight is 329 g/mol. The van der Waals surface area contributed by atoms with E-state index in [1.165, 1.54) is 7.11 Å². The summed E-state index contributed by atoms with van der Waals surface area (Å²) in [5.41, 5.74) is 1.72. The van der Waals surface area contributed by atoms with Gasteiger partial charge in [-0.3, -0.25) is 4.79 Å². The van der Waals surface area contributed by atoms with E-state index < -0.39 is 5.97 Å². The Balaban J connectivity index is 2.15. The average Bonchev–Trinajstić information content (AvgIpc) is 2.54. The highest BCUT2D eigenvalue weighted by Gasteiger charge is 2.13. The lowest BCUT2D eigenvalue weighted by Crippen LogP contribution is -2.13. The number of carbonyl (C=O) groups is 2. The van der Waals surface area contributed by atoms with Crippen molar-refractivity contribution in [1.82, 2.24) is 0 Å². The van der Waals surface area contributed by atoms with Gasteiger partial charge in [-0.15, -0.1) is 11.8 Å². The topological polar surface area (TPSA) is 55.4 Å². The van der Waals surface area contributed by atoms with E-state index in [4.69, 9.17) is 0 Å². The molecule has 4 nitrogen and oxygen atoms in total. The number of anilines is 1.